The average Bonchev–Trinajstić information content (AvgIpc) is 3.03. The van der Waals surface area contributed by atoms with Crippen LogP contribution < -0.4 is 15.8 Å². The molecule has 1 saturated heterocycles. The number of hydrogen-bond acceptors (Lipinski definition) is 9. The summed E-state index contributed by atoms with van der Waals surface area (Å²) in [6.07, 6.45) is -2.29. The summed E-state index contributed by atoms with van der Waals surface area (Å²) in [5.41, 5.74) is -1.81. The molecule has 1 fully saturated rings. The van der Waals surface area contributed by atoms with Crippen LogP contribution in [0.25, 0.3) is 0 Å². The Bertz CT molecular complexity index is 1230. The van der Waals surface area contributed by atoms with Gasteiger partial charge in [-0.15, -0.1) is 0 Å². The van der Waals surface area contributed by atoms with Gasteiger partial charge in [-0.05, 0) is 13.0 Å². The summed E-state index contributed by atoms with van der Waals surface area (Å²) in [6, 6.07) is 3.20. The first-order chi connectivity index (χ1) is 17.7. The van der Waals surface area contributed by atoms with Crippen molar-refractivity contribution in [2.75, 3.05) is 49.7 Å². The average molecular weight is 522 g/mol. The number of anilines is 2. The highest BCUT2D eigenvalue weighted by molar-refractivity contribution is 5.76. The molecule has 0 saturated carbocycles. The Kier molecular flexibility index (Phi) is 7.94. The quantitative estimate of drug-likeness (QED) is 0.520. The molecule has 0 aliphatic carbocycles. The van der Waals surface area contributed by atoms with E-state index in [-0.39, 0.29) is 31.6 Å². The number of hydrogen-bond donors (Lipinski definition) is 2. The first-order valence-corrected chi connectivity index (χ1v) is 11.7. The predicted octanol–water partition coefficient (Wildman–Crippen LogP) is 1.51. The van der Waals surface area contributed by atoms with Crippen molar-refractivity contribution in [3.8, 4) is 6.07 Å². The molecule has 2 aliphatic heterocycles. The van der Waals surface area contributed by atoms with Gasteiger partial charge < -0.3 is 24.6 Å². The monoisotopic (exact) mass is 521 g/mol. The van der Waals surface area contributed by atoms with E-state index in [4.69, 9.17) is 14.7 Å². The number of nitriles is 1. The van der Waals surface area contributed by atoms with E-state index in [1.807, 2.05) is 0 Å². The van der Waals surface area contributed by atoms with Crippen LogP contribution in [0.5, 0.6) is 0 Å². The van der Waals surface area contributed by atoms with Crippen LogP contribution in [0.2, 0.25) is 0 Å². The number of H-pyrrole nitrogens is 1. The van der Waals surface area contributed by atoms with Crippen molar-refractivity contribution in [2.45, 2.75) is 38.2 Å². The maximum atomic E-state index is 13.2. The fraction of sp³-hybridized carbons (Fsp3) is 0.522. The van der Waals surface area contributed by atoms with Crippen molar-refractivity contribution in [3.63, 3.8) is 0 Å². The zero-order chi connectivity index (χ0) is 26.6. The number of pyridine rings is 1. The summed E-state index contributed by atoms with van der Waals surface area (Å²) in [5, 5.41) is 16.9. The minimum atomic E-state index is -4.84. The third-order valence-corrected chi connectivity index (χ3v) is 6.12. The number of carbonyl (C=O) groups is 1. The molecule has 11 nitrogen and oxygen atoms in total. The number of carbonyl (C=O) groups excluding carboxylic acids is 1. The molecule has 0 radical (unpaired) electrons. The first-order valence-electron chi connectivity index (χ1n) is 11.7. The van der Waals surface area contributed by atoms with E-state index in [1.54, 1.807) is 23.0 Å². The van der Waals surface area contributed by atoms with Crippen LogP contribution in [0.15, 0.2) is 23.3 Å². The number of nitrogens with zero attached hydrogens (tertiary/aromatic N) is 5. The number of nitrogens with one attached hydrogen (secondary N) is 2. The van der Waals surface area contributed by atoms with Crippen molar-refractivity contribution >= 4 is 17.4 Å². The summed E-state index contributed by atoms with van der Waals surface area (Å²) < 4.78 is 50.8. The highest BCUT2D eigenvalue weighted by Gasteiger charge is 2.37. The van der Waals surface area contributed by atoms with Gasteiger partial charge in [0.25, 0.3) is 5.56 Å². The number of alkyl halides is 3. The molecule has 2 aliphatic rings. The van der Waals surface area contributed by atoms with E-state index in [1.165, 1.54) is 6.20 Å². The van der Waals surface area contributed by atoms with Gasteiger partial charge in [0.2, 0.25) is 5.91 Å². The molecule has 1 amide bonds. The van der Waals surface area contributed by atoms with Crippen molar-refractivity contribution in [1.82, 2.24) is 20.1 Å². The van der Waals surface area contributed by atoms with Crippen molar-refractivity contribution in [2.24, 2.45) is 0 Å². The van der Waals surface area contributed by atoms with E-state index >= 15 is 0 Å². The zero-order valence-electron chi connectivity index (χ0n) is 20.0. The minimum Gasteiger partial charge on any atom is -0.379 e. The molecule has 37 heavy (non-hydrogen) atoms. The number of amides is 1. The third-order valence-electron chi connectivity index (χ3n) is 6.12. The van der Waals surface area contributed by atoms with Gasteiger partial charge >= 0.3 is 6.18 Å². The van der Waals surface area contributed by atoms with E-state index < -0.39 is 29.0 Å². The Morgan fingerprint density at radius 2 is 2.22 bits per heavy atom. The van der Waals surface area contributed by atoms with Crippen LogP contribution in [0.3, 0.4) is 0 Å². The second-order valence-electron chi connectivity index (χ2n) is 8.88. The minimum absolute atomic E-state index is 0.0226. The smallest absolute Gasteiger partial charge is 0.379 e. The molecule has 0 unspecified atom stereocenters. The van der Waals surface area contributed by atoms with Crippen LogP contribution in [0.1, 0.15) is 30.0 Å². The third kappa shape index (κ3) is 6.17. The fourth-order valence-electron chi connectivity index (χ4n) is 4.41. The largest absolute Gasteiger partial charge is 0.423 e. The Balaban J connectivity index is 1.25. The second kappa shape index (κ2) is 11.1. The number of rotatable bonds is 7. The lowest BCUT2D eigenvalue weighted by molar-refractivity contribution is -0.138. The molecular formula is C23H26F3N7O4. The molecule has 2 atom stereocenters. The molecule has 2 aromatic heterocycles. The molecule has 2 aromatic rings. The zero-order valence-corrected chi connectivity index (χ0v) is 20.0. The fourth-order valence-corrected chi connectivity index (χ4v) is 4.41. The van der Waals surface area contributed by atoms with E-state index in [2.05, 4.69) is 26.4 Å². The molecule has 4 heterocycles. The normalized spacial score (nSPS) is 18.3. The highest BCUT2D eigenvalue weighted by atomic mass is 19.4. The van der Waals surface area contributed by atoms with Gasteiger partial charge in [-0.25, -0.2) is 10.1 Å². The van der Waals surface area contributed by atoms with Crippen molar-refractivity contribution < 1.29 is 27.4 Å². The number of halogens is 3. The van der Waals surface area contributed by atoms with E-state index in [9.17, 15) is 22.8 Å². The SMILES string of the molecule is C[C@@H](COCCC(=O)N1CCN2c3ncc(C#N)cc3COC[C@H]2C1)Nc1cn[nH]c(=O)c1C(F)(F)F. The van der Waals surface area contributed by atoms with Gasteiger partial charge in [0.1, 0.15) is 17.5 Å². The lowest BCUT2D eigenvalue weighted by Crippen LogP contribution is -2.56. The summed E-state index contributed by atoms with van der Waals surface area (Å²) in [6.45, 7) is 3.98. The standard InChI is InChI=1S/C23H26F3N7O4/c1-14(30-18-9-29-31-22(35)20(18)23(24,25)26)11-36-5-2-19(34)32-3-4-33-17(10-32)13-37-12-16-6-15(7-27)8-28-21(16)33/h6,8-9,14,17H,2-5,10-13H2,1H3,(H2,30,31,35)/t14-,17+/m0/s1. The van der Waals surface area contributed by atoms with Gasteiger partial charge in [0.15, 0.2) is 0 Å². The van der Waals surface area contributed by atoms with Crippen LogP contribution in [0.4, 0.5) is 24.7 Å². The van der Waals surface area contributed by atoms with Crippen LogP contribution in [0, 0.1) is 11.3 Å². The lowest BCUT2D eigenvalue weighted by atomic mass is 10.1. The van der Waals surface area contributed by atoms with Gasteiger partial charge in [-0.3, -0.25) is 9.59 Å². The summed E-state index contributed by atoms with van der Waals surface area (Å²) >= 11 is 0. The molecule has 14 heteroatoms. The second-order valence-corrected chi connectivity index (χ2v) is 8.88. The summed E-state index contributed by atoms with van der Waals surface area (Å²) in [4.78, 5) is 32.6. The van der Waals surface area contributed by atoms with Gasteiger partial charge in [0.05, 0.1) is 56.3 Å². The van der Waals surface area contributed by atoms with Crippen LogP contribution in [-0.4, -0.2) is 77.5 Å². The first kappa shape index (κ1) is 26.4. The maximum Gasteiger partial charge on any atom is 0.423 e. The van der Waals surface area contributed by atoms with E-state index in [0.29, 0.717) is 38.4 Å². The van der Waals surface area contributed by atoms with Crippen LogP contribution in [-0.2, 0) is 27.1 Å². The predicted molar refractivity (Wildman–Crippen MR) is 125 cm³/mol. The molecule has 2 N–H and O–H groups in total. The summed E-state index contributed by atoms with van der Waals surface area (Å²) in [5.74, 6) is 0.665. The molecule has 0 spiro atoms. The molecule has 0 bridgehead atoms. The Labute approximate surface area is 210 Å². The Morgan fingerprint density at radius 3 is 2.97 bits per heavy atom. The van der Waals surface area contributed by atoms with Crippen molar-refractivity contribution in [1.29, 1.82) is 5.26 Å². The number of ether oxygens (including phenoxy) is 2. The lowest BCUT2D eigenvalue weighted by Gasteiger charge is -2.41. The van der Waals surface area contributed by atoms with Crippen molar-refractivity contribution in [3.05, 3.63) is 45.5 Å². The molecule has 0 aromatic carbocycles. The molecule has 4 rings (SSSR count). The number of aromatic amines is 1. The Hall–Kier alpha value is -3.70. The van der Waals surface area contributed by atoms with Gasteiger partial charge in [0, 0.05) is 37.4 Å². The van der Waals surface area contributed by atoms with Crippen LogP contribution >= 0.6 is 0 Å². The number of piperazine rings is 1. The van der Waals surface area contributed by atoms with Gasteiger partial charge in [-0.2, -0.15) is 23.5 Å². The molecular weight excluding hydrogens is 495 g/mol. The molecule has 198 valence electrons. The Morgan fingerprint density at radius 1 is 1.41 bits per heavy atom. The maximum absolute atomic E-state index is 13.2. The van der Waals surface area contributed by atoms with Gasteiger partial charge in [-0.1, -0.05) is 0 Å². The number of fused-ring (bicyclic) bond motifs is 3. The summed E-state index contributed by atoms with van der Waals surface area (Å²) in [7, 11) is 0. The number of aromatic nitrogens is 3. The topological polar surface area (TPSA) is 136 Å². The van der Waals surface area contributed by atoms with E-state index in [0.717, 1.165) is 17.6 Å². The highest BCUT2D eigenvalue weighted by Crippen LogP contribution is 2.31.